The number of hydrogen-bond acceptors (Lipinski definition) is 4. The second-order valence-electron chi connectivity index (χ2n) is 6.89. The van der Waals surface area contributed by atoms with E-state index in [1.54, 1.807) is 24.0 Å². The van der Waals surface area contributed by atoms with Crippen LogP contribution < -0.4 is 10.2 Å². The first-order chi connectivity index (χ1) is 14.1. The molecule has 0 fully saturated rings. The summed E-state index contributed by atoms with van der Waals surface area (Å²) in [6.45, 7) is 4.12. The van der Waals surface area contributed by atoms with Gasteiger partial charge in [0.2, 0.25) is 0 Å². The lowest BCUT2D eigenvalue weighted by atomic mass is 10.1. The summed E-state index contributed by atoms with van der Waals surface area (Å²) in [5.41, 5.74) is 4.82. The number of anilines is 2. The van der Waals surface area contributed by atoms with Crippen LogP contribution in [0, 0.1) is 6.92 Å². The predicted molar refractivity (Wildman–Crippen MR) is 113 cm³/mol. The Morgan fingerprint density at radius 2 is 1.69 bits per heavy atom. The Balaban J connectivity index is 1.69. The van der Waals surface area contributed by atoms with Gasteiger partial charge in [0, 0.05) is 22.5 Å². The Labute approximate surface area is 169 Å². The van der Waals surface area contributed by atoms with Crippen molar-refractivity contribution in [3.05, 3.63) is 95.1 Å². The van der Waals surface area contributed by atoms with Crippen molar-refractivity contribution in [2.24, 2.45) is 0 Å². The van der Waals surface area contributed by atoms with E-state index in [1.807, 2.05) is 67.6 Å². The molecule has 146 valence electrons. The van der Waals surface area contributed by atoms with Crippen molar-refractivity contribution in [1.29, 1.82) is 0 Å². The molecule has 0 saturated carbocycles. The molecule has 1 heterocycles. The largest absolute Gasteiger partial charge is 0.462 e. The van der Waals surface area contributed by atoms with E-state index in [9.17, 15) is 9.59 Å². The average Bonchev–Trinajstić information content (AvgIpc) is 3.01. The first-order valence-electron chi connectivity index (χ1n) is 9.62. The fourth-order valence-corrected chi connectivity index (χ4v) is 3.62. The van der Waals surface area contributed by atoms with Crippen molar-refractivity contribution in [3.8, 4) is 0 Å². The highest BCUT2D eigenvalue weighted by Gasteiger charge is 2.38. The highest BCUT2D eigenvalue weighted by molar-refractivity contribution is 6.11. The molecule has 1 atom stereocenters. The van der Waals surface area contributed by atoms with E-state index in [2.05, 4.69) is 5.32 Å². The quantitative estimate of drug-likeness (QED) is 0.631. The fraction of sp³-hybridized carbons (Fsp3) is 0.167. The number of hydrogen-bond donors (Lipinski definition) is 1. The van der Waals surface area contributed by atoms with Crippen molar-refractivity contribution in [1.82, 2.24) is 0 Å². The van der Waals surface area contributed by atoms with Gasteiger partial charge in [0.25, 0.3) is 5.91 Å². The molecule has 0 radical (unpaired) electrons. The molecule has 1 N–H and O–H groups in total. The molecule has 0 saturated heterocycles. The number of rotatable bonds is 5. The molecule has 1 aliphatic rings. The Kier molecular flexibility index (Phi) is 5.04. The van der Waals surface area contributed by atoms with Crippen LogP contribution in [0.15, 0.2) is 72.8 Å². The smallest absolute Gasteiger partial charge is 0.338 e. The highest BCUT2D eigenvalue weighted by atomic mass is 16.5. The zero-order chi connectivity index (χ0) is 20.4. The number of ether oxygens (including phenoxy) is 1. The van der Waals surface area contributed by atoms with E-state index >= 15 is 0 Å². The lowest BCUT2D eigenvalue weighted by Crippen LogP contribution is -2.32. The maximum atomic E-state index is 13.2. The number of fused-ring (bicyclic) bond motifs is 1. The summed E-state index contributed by atoms with van der Waals surface area (Å²) in [6.07, 6.45) is -0.340. The lowest BCUT2D eigenvalue weighted by Gasteiger charge is -2.28. The van der Waals surface area contributed by atoms with Crippen molar-refractivity contribution >= 4 is 23.3 Å². The summed E-state index contributed by atoms with van der Waals surface area (Å²) >= 11 is 0. The maximum absolute atomic E-state index is 13.2. The van der Waals surface area contributed by atoms with Gasteiger partial charge in [-0.25, -0.2) is 4.79 Å². The highest BCUT2D eigenvalue weighted by Crippen LogP contribution is 2.39. The van der Waals surface area contributed by atoms with E-state index < -0.39 is 0 Å². The number of para-hydroxylation sites is 1. The summed E-state index contributed by atoms with van der Waals surface area (Å²) in [4.78, 5) is 26.9. The molecule has 1 aliphatic heterocycles. The van der Waals surface area contributed by atoms with E-state index in [1.165, 1.54) is 0 Å². The van der Waals surface area contributed by atoms with Crippen molar-refractivity contribution < 1.29 is 14.3 Å². The minimum Gasteiger partial charge on any atom is -0.462 e. The number of esters is 1. The van der Waals surface area contributed by atoms with Crippen LogP contribution >= 0.6 is 0 Å². The minimum absolute atomic E-state index is 0.0319. The first kappa shape index (κ1) is 18.7. The molecule has 3 aromatic carbocycles. The summed E-state index contributed by atoms with van der Waals surface area (Å²) in [5, 5.41) is 3.45. The third-order valence-electron chi connectivity index (χ3n) is 5.04. The predicted octanol–water partition coefficient (Wildman–Crippen LogP) is 4.94. The summed E-state index contributed by atoms with van der Waals surface area (Å²) in [5.74, 6) is -0.377. The molecule has 0 spiro atoms. The van der Waals surface area contributed by atoms with Crippen molar-refractivity contribution in [2.75, 3.05) is 16.8 Å². The minimum atomic E-state index is -0.345. The topological polar surface area (TPSA) is 58.6 Å². The van der Waals surface area contributed by atoms with Gasteiger partial charge in [-0.15, -0.1) is 0 Å². The van der Waals surface area contributed by atoms with Crippen molar-refractivity contribution in [3.63, 3.8) is 0 Å². The standard InChI is InChI=1S/C24H22N2O3/c1-3-29-24(28)17-12-14-18(15-13-17)25-22-19-9-5-6-10-20(19)23(27)26(22)21-11-7-4-8-16(21)2/h4-15,22,25H,3H2,1-2H3/t22-/m0/s1. The molecule has 1 amide bonds. The van der Waals surface area contributed by atoms with Gasteiger partial charge in [-0.1, -0.05) is 36.4 Å². The fourth-order valence-electron chi connectivity index (χ4n) is 3.62. The normalized spacial score (nSPS) is 15.2. The van der Waals surface area contributed by atoms with Gasteiger partial charge in [-0.2, -0.15) is 0 Å². The van der Waals surface area contributed by atoms with E-state index in [4.69, 9.17) is 4.74 Å². The van der Waals surface area contributed by atoms with Crippen LogP contribution in [0.5, 0.6) is 0 Å². The van der Waals surface area contributed by atoms with Crippen LogP contribution in [0.3, 0.4) is 0 Å². The van der Waals surface area contributed by atoms with Crippen molar-refractivity contribution in [2.45, 2.75) is 20.0 Å². The third kappa shape index (κ3) is 3.47. The van der Waals surface area contributed by atoms with Gasteiger partial charge < -0.3 is 10.1 Å². The molecule has 3 aromatic rings. The number of aryl methyl sites for hydroxylation is 1. The number of nitrogens with one attached hydrogen (secondary N) is 1. The summed E-state index contributed by atoms with van der Waals surface area (Å²) in [7, 11) is 0. The van der Waals surface area contributed by atoms with Crippen LogP contribution in [0.1, 0.15) is 44.9 Å². The summed E-state index contributed by atoms with van der Waals surface area (Å²) < 4.78 is 5.04. The van der Waals surface area contributed by atoms with Gasteiger partial charge in [-0.05, 0) is 55.8 Å². The molecule has 29 heavy (non-hydrogen) atoms. The molecule has 0 aromatic heterocycles. The molecule has 4 rings (SSSR count). The van der Waals surface area contributed by atoms with Gasteiger partial charge in [0.15, 0.2) is 0 Å². The molecule has 5 heteroatoms. The Morgan fingerprint density at radius 1 is 1.00 bits per heavy atom. The SMILES string of the molecule is CCOC(=O)c1ccc(N[C@@H]2c3ccccc3C(=O)N2c2ccccc2C)cc1. The maximum Gasteiger partial charge on any atom is 0.338 e. The monoisotopic (exact) mass is 386 g/mol. The Bertz CT molecular complexity index is 1060. The number of benzene rings is 3. The first-order valence-corrected chi connectivity index (χ1v) is 9.62. The number of amides is 1. The third-order valence-corrected chi connectivity index (χ3v) is 5.04. The number of nitrogens with zero attached hydrogens (tertiary/aromatic N) is 1. The second-order valence-corrected chi connectivity index (χ2v) is 6.89. The zero-order valence-electron chi connectivity index (χ0n) is 16.4. The van der Waals surface area contributed by atoms with Gasteiger partial charge in [0.1, 0.15) is 6.17 Å². The lowest BCUT2D eigenvalue weighted by molar-refractivity contribution is 0.0526. The van der Waals surface area contributed by atoms with E-state index in [0.29, 0.717) is 17.7 Å². The van der Waals surface area contributed by atoms with Crippen LogP contribution in [0.25, 0.3) is 0 Å². The molecular weight excluding hydrogens is 364 g/mol. The molecule has 0 bridgehead atoms. The van der Waals surface area contributed by atoms with Crippen LogP contribution in [-0.2, 0) is 4.74 Å². The van der Waals surface area contributed by atoms with E-state index in [-0.39, 0.29) is 18.0 Å². The van der Waals surface area contributed by atoms with Crippen LogP contribution in [0.4, 0.5) is 11.4 Å². The summed E-state index contributed by atoms with van der Waals surface area (Å²) in [6, 6.07) is 22.6. The van der Waals surface area contributed by atoms with E-state index in [0.717, 1.165) is 22.5 Å². The van der Waals surface area contributed by atoms with Gasteiger partial charge >= 0.3 is 5.97 Å². The number of carbonyl (C=O) groups excluding carboxylic acids is 2. The Hall–Kier alpha value is -3.60. The van der Waals surface area contributed by atoms with Gasteiger partial charge in [0.05, 0.1) is 12.2 Å². The molecule has 0 unspecified atom stereocenters. The second kappa shape index (κ2) is 7.80. The van der Waals surface area contributed by atoms with Crippen LogP contribution in [-0.4, -0.2) is 18.5 Å². The zero-order valence-corrected chi connectivity index (χ0v) is 16.4. The molecule has 5 nitrogen and oxygen atoms in total. The molecular formula is C24H22N2O3. The van der Waals surface area contributed by atoms with Crippen LogP contribution in [0.2, 0.25) is 0 Å². The number of carbonyl (C=O) groups is 2. The van der Waals surface area contributed by atoms with Gasteiger partial charge in [-0.3, -0.25) is 9.69 Å². The Morgan fingerprint density at radius 3 is 2.41 bits per heavy atom. The average molecular weight is 386 g/mol. The molecule has 0 aliphatic carbocycles.